The summed E-state index contributed by atoms with van der Waals surface area (Å²) in [7, 11) is 0. The summed E-state index contributed by atoms with van der Waals surface area (Å²) in [4.78, 5) is 22.6. The second kappa shape index (κ2) is 8.71. The van der Waals surface area contributed by atoms with E-state index in [1.165, 1.54) is 42.8 Å². The van der Waals surface area contributed by atoms with Gasteiger partial charge in [0.15, 0.2) is 5.16 Å². The number of nitro groups is 1. The fraction of sp³-hybridized carbons (Fsp3) is 0.471. The lowest BCUT2D eigenvalue weighted by Crippen LogP contribution is -2.15. The molecular weight excluding hydrogens is 390 g/mol. The summed E-state index contributed by atoms with van der Waals surface area (Å²) < 4.78 is 2.07. The minimum Gasteiger partial charge on any atom is -0.325 e. The Morgan fingerprint density at radius 1 is 1.41 bits per heavy atom. The summed E-state index contributed by atoms with van der Waals surface area (Å²) in [6.07, 6.45) is 4.72. The minimum atomic E-state index is -0.582. The van der Waals surface area contributed by atoms with Crippen LogP contribution in [0.5, 0.6) is 0 Å². The van der Waals surface area contributed by atoms with Crippen LogP contribution in [-0.2, 0) is 11.3 Å². The van der Waals surface area contributed by atoms with E-state index in [9.17, 15) is 14.9 Å². The zero-order valence-electron chi connectivity index (χ0n) is 14.9. The van der Waals surface area contributed by atoms with Crippen LogP contribution in [0.3, 0.4) is 0 Å². The fourth-order valence-electron chi connectivity index (χ4n) is 3.25. The highest BCUT2D eigenvalue weighted by Gasteiger charge is 2.24. The Morgan fingerprint density at radius 3 is 2.81 bits per heavy atom. The van der Waals surface area contributed by atoms with Crippen LogP contribution in [0.25, 0.3) is 0 Å². The number of amides is 1. The fourth-order valence-corrected chi connectivity index (χ4v) is 4.24. The molecule has 0 spiro atoms. The molecule has 0 bridgehead atoms. The highest BCUT2D eigenvalue weighted by Crippen LogP contribution is 2.34. The van der Waals surface area contributed by atoms with E-state index in [1.807, 2.05) is 6.92 Å². The molecule has 0 saturated heterocycles. The van der Waals surface area contributed by atoms with Crippen molar-refractivity contribution in [3.05, 3.63) is 39.2 Å². The topological polar surface area (TPSA) is 103 Å². The predicted molar refractivity (Wildman–Crippen MR) is 104 cm³/mol. The first-order valence-corrected chi connectivity index (χ1v) is 10.2. The van der Waals surface area contributed by atoms with Crippen LogP contribution in [0.1, 0.15) is 44.3 Å². The third kappa shape index (κ3) is 4.59. The van der Waals surface area contributed by atoms with Crippen molar-refractivity contribution in [3.8, 4) is 0 Å². The average molecular weight is 410 g/mol. The molecular formula is C17H20ClN5O3S. The Labute approximate surface area is 165 Å². The van der Waals surface area contributed by atoms with Gasteiger partial charge in [0.2, 0.25) is 5.91 Å². The number of halogens is 1. The molecule has 1 heterocycles. The van der Waals surface area contributed by atoms with Crippen LogP contribution >= 0.6 is 23.4 Å². The molecule has 10 heteroatoms. The third-order valence-corrected chi connectivity index (χ3v) is 5.83. The Kier molecular flexibility index (Phi) is 6.33. The van der Waals surface area contributed by atoms with E-state index in [0.29, 0.717) is 11.6 Å². The van der Waals surface area contributed by atoms with Gasteiger partial charge >= 0.3 is 0 Å². The molecule has 8 nitrogen and oxygen atoms in total. The van der Waals surface area contributed by atoms with Gasteiger partial charge in [-0.25, -0.2) is 0 Å². The molecule has 1 fully saturated rings. The summed E-state index contributed by atoms with van der Waals surface area (Å²) in [5.41, 5.74) is 0.0920. The van der Waals surface area contributed by atoms with Crippen LogP contribution in [0.15, 0.2) is 23.4 Å². The molecule has 1 aliphatic rings. The standard InChI is InChI=1S/C17H20ClN5O3S/c1-2-22-16(11-5-3-4-6-11)20-21-17(22)27-10-15(24)19-12-7-8-13(18)14(9-12)23(25)26/h7-9,11H,2-6,10H2,1H3,(H,19,24). The smallest absolute Gasteiger partial charge is 0.289 e. The van der Waals surface area contributed by atoms with Crippen molar-refractivity contribution in [1.82, 2.24) is 14.8 Å². The first-order valence-electron chi connectivity index (χ1n) is 8.79. The molecule has 2 aromatic rings. The van der Waals surface area contributed by atoms with Crippen LogP contribution < -0.4 is 5.32 Å². The number of hydrogen-bond acceptors (Lipinski definition) is 6. The molecule has 1 aromatic carbocycles. The molecule has 1 amide bonds. The number of nitro benzene ring substituents is 1. The van der Waals surface area contributed by atoms with E-state index in [1.54, 1.807) is 0 Å². The number of rotatable bonds is 7. The average Bonchev–Trinajstić information content (AvgIpc) is 3.30. The number of carbonyl (C=O) groups is 1. The van der Waals surface area contributed by atoms with E-state index in [0.717, 1.165) is 30.4 Å². The second-order valence-corrected chi connectivity index (χ2v) is 7.68. The number of benzene rings is 1. The predicted octanol–water partition coefficient (Wildman–Crippen LogP) is 4.25. The first-order chi connectivity index (χ1) is 13.0. The van der Waals surface area contributed by atoms with E-state index < -0.39 is 4.92 Å². The van der Waals surface area contributed by atoms with Crippen LogP contribution in [0.4, 0.5) is 11.4 Å². The van der Waals surface area contributed by atoms with Gasteiger partial charge in [-0.3, -0.25) is 14.9 Å². The lowest BCUT2D eigenvalue weighted by molar-refractivity contribution is -0.384. The number of carbonyl (C=O) groups excluding carboxylic acids is 1. The van der Waals surface area contributed by atoms with Crippen molar-refractivity contribution in [2.24, 2.45) is 0 Å². The molecule has 1 saturated carbocycles. The van der Waals surface area contributed by atoms with Crippen molar-refractivity contribution >= 4 is 40.6 Å². The number of thioether (sulfide) groups is 1. The quantitative estimate of drug-likeness (QED) is 0.416. The molecule has 144 valence electrons. The van der Waals surface area contributed by atoms with E-state index in [-0.39, 0.29) is 22.4 Å². The van der Waals surface area contributed by atoms with E-state index >= 15 is 0 Å². The first kappa shape index (κ1) is 19.6. The van der Waals surface area contributed by atoms with Crippen LogP contribution in [0.2, 0.25) is 5.02 Å². The van der Waals surface area contributed by atoms with Gasteiger partial charge in [0.1, 0.15) is 10.8 Å². The Bertz CT molecular complexity index is 851. The van der Waals surface area contributed by atoms with Crippen molar-refractivity contribution in [1.29, 1.82) is 0 Å². The highest BCUT2D eigenvalue weighted by molar-refractivity contribution is 7.99. The molecule has 1 aromatic heterocycles. The lowest BCUT2D eigenvalue weighted by atomic mass is 10.1. The molecule has 27 heavy (non-hydrogen) atoms. The molecule has 1 N–H and O–H groups in total. The summed E-state index contributed by atoms with van der Waals surface area (Å²) in [6.45, 7) is 2.80. The van der Waals surface area contributed by atoms with Crippen molar-refractivity contribution < 1.29 is 9.72 Å². The molecule has 0 atom stereocenters. The van der Waals surface area contributed by atoms with E-state index in [2.05, 4.69) is 20.1 Å². The second-order valence-electron chi connectivity index (χ2n) is 6.33. The SMILES string of the molecule is CCn1c(SCC(=O)Nc2ccc(Cl)c([N+](=O)[O-])c2)nnc1C1CCCC1. The van der Waals surface area contributed by atoms with Crippen molar-refractivity contribution in [2.45, 2.75) is 50.2 Å². The monoisotopic (exact) mass is 409 g/mol. The van der Waals surface area contributed by atoms with Gasteiger partial charge < -0.3 is 9.88 Å². The summed E-state index contributed by atoms with van der Waals surface area (Å²) in [5.74, 6) is 1.32. The maximum atomic E-state index is 12.2. The molecule has 0 unspecified atom stereocenters. The lowest BCUT2D eigenvalue weighted by Gasteiger charge is -2.11. The van der Waals surface area contributed by atoms with Gasteiger partial charge in [-0.1, -0.05) is 36.2 Å². The van der Waals surface area contributed by atoms with Crippen molar-refractivity contribution in [3.63, 3.8) is 0 Å². The normalized spacial score (nSPS) is 14.4. The molecule has 3 rings (SSSR count). The van der Waals surface area contributed by atoms with Gasteiger partial charge in [-0.05, 0) is 31.9 Å². The Morgan fingerprint density at radius 2 is 2.15 bits per heavy atom. The summed E-state index contributed by atoms with van der Waals surface area (Å²) in [6, 6.07) is 4.17. The third-order valence-electron chi connectivity index (χ3n) is 4.54. The van der Waals surface area contributed by atoms with Gasteiger partial charge in [0, 0.05) is 24.2 Å². The summed E-state index contributed by atoms with van der Waals surface area (Å²) in [5, 5.41) is 22.9. The number of aromatic nitrogens is 3. The molecule has 1 aliphatic carbocycles. The van der Waals surface area contributed by atoms with E-state index in [4.69, 9.17) is 11.6 Å². The Hall–Kier alpha value is -2.13. The zero-order chi connectivity index (χ0) is 19.4. The number of hydrogen-bond donors (Lipinski definition) is 1. The van der Waals surface area contributed by atoms with Crippen LogP contribution in [0, 0.1) is 10.1 Å². The zero-order valence-corrected chi connectivity index (χ0v) is 16.4. The van der Waals surface area contributed by atoms with Crippen LogP contribution in [-0.4, -0.2) is 31.3 Å². The molecule has 0 radical (unpaired) electrons. The minimum absolute atomic E-state index is 0.0304. The maximum Gasteiger partial charge on any atom is 0.289 e. The van der Waals surface area contributed by atoms with Gasteiger partial charge in [-0.15, -0.1) is 10.2 Å². The highest BCUT2D eigenvalue weighted by atomic mass is 35.5. The Balaban J connectivity index is 1.63. The van der Waals surface area contributed by atoms with Gasteiger partial charge in [0.25, 0.3) is 5.69 Å². The molecule has 0 aliphatic heterocycles. The maximum absolute atomic E-state index is 12.2. The number of anilines is 1. The van der Waals surface area contributed by atoms with Gasteiger partial charge in [0.05, 0.1) is 10.7 Å². The summed E-state index contributed by atoms with van der Waals surface area (Å²) >= 11 is 7.09. The number of nitrogens with zero attached hydrogens (tertiary/aromatic N) is 4. The largest absolute Gasteiger partial charge is 0.325 e. The number of nitrogens with one attached hydrogen (secondary N) is 1. The van der Waals surface area contributed by atoms with Crippen molar-refractivity contribution in [2.75, 3.05) is 11.1 Å². The van der Waals surface area contributed by atoms with Gasteiger partial charge in [-0.2, -0.15) is 0 Å².